The molecule has 1 heterocycles. The molecule has 0 unspecified atom stereocenters. The molecule has 0 radical (unpaired) electrons. The average molecular weight is 265 g/mol. The summed E-state index contributed by atoms with van der Waals surface area (Å²) in [4.78, 5) is 12.7. The molecule has 0 atom stereocenters. The van der Waals surface area contributed by atoms with Gasteiger partial charge in [-0.05, 0) is 23.6 Å². The SMILES string of the molecule is O=C(N/N=C/c1cccs1)c1ccccc1Cl. The number of thiophene rings is 1. The number of nitrogens with one attached hydrogen (secondary N) is 1. The predicted molar refractivity (Wildman–Crippen MR) is 70.8 cm³/mol. The molecule has 17 heavy (non-hydrogen) atoms. The highest BCUT2D eigenvalue weighted by atomic mass is 35.5. The number of rotatable bonds is 3. The Morgan fingerprint density at radius 2 is 2.12 bits per heavy atom. The van der Waals surface area contributed by atoms with Crippen LogP contribution in [0.25, 0.3) is 0 Å². The summed E-state index contributed by atoms with van der Waals surface area (Å²) in [6, 6.07) is 10.7. The number of amides is 1. The van der Waals surface area contributed by atoms with E-state index in [1.807, 2.05) is 17.5 Å². The fourth-order valence-electron chi connectivity index (χ4n) is 1.22. The predicted octanol–water partition coefficient (Wildman–Crippen LogP) is 3.17. The molecule has 1 aromatic carbocycles. The van der Waals surface area contributed by atoms with Gasteiger partial charge in [-0.25, -0.2) is 5.43 Å². The van der Waals surface area contributed by atoms with E-state index in [0.29, 0.717) is 10.6 Å². The second-order valence-electron chi connectivity index (χ2n) is 3.19. The van der Waals surface area contributed by atoms with Crippen LogP contribution in [0.15, 0.2) is 46.9 Å². The topological polar surface area (TPSA) is 41.5 Å². The molecule has 0 aliphatic rings. The van der Waals surface area contributed by atoms with E-state index in [1.165, 1.54) is 0 Å². The Bertz CT molecular complexity index is 537. The van der Waals surface area contributed by atoms with Crippen LogP contribution in [0.2, 0.25) is 5.02 Å². The van der Waals surface area contributed by atoms with Crippen molar-refractivity contribution in [3.05, 3.63) is 57.2 Å². The first-order valence-electron chi connectivity index (χ1n) is 4.89. The molecule has 0 saturated carbocycles. The number of hydrazone groups is 1. The zero-order valence-electron chi connectivity index (χ0n) is 8.76. The van der Waals surface area contributed by atoms with E-state index in [9.17, 15) is 4.79 Å². The van der Waals surface area contributed by atoms with Gasteiger partial charge in [-0.2, -0.15) is 5.10 Å². The van der Waals surface area contributed by atoms with Crippen molar-refractivity contribution in [2.24, 2.45) is 5.10 Å². The van der Waals surface area contributed by atoms with Gasteiger partial charge in [-0.1, -0.05) is 29.8 Å². The van der Waals surface area contributed by atoms with Gasteiger partial charge >= 0.3 is 0 Å². The monoisotopic (exact) mass is 264 g/mol. The third kappa shape index (κ3) is 3.15. The van der Waals surface area contributed by atoms with Gasteiger partial charge in [0.05, 0.1) is 16.8 Å². The first-order valence-corrected chi connectivity index (χ1v) is 6.14. The van der Waals surface area contributed by atoms with Crippen LogP contribution in [-0.4, -0.2) is 12.1 Å². The van der Waals surface area contributed by atoms with Crippen molar-refractivity contribution >= 4 is 35.1 Å². The standard InChI is InChI=1S/C12H9ClN2OS/c13-11-6-2-1-5-10(11)12(16)15-14-8-9-4-3-7-17-9/h1-8H,(H,15,16)/b14-8+. The maximum atomic E-state index is 11.7. The van der Waals surface area contributed by atoms with Gasteiger partial charge in [-0.15, -0.1) is 11.3 Å². The van der Waals surface area contributed by atoms with Gasteiger partial charge in [0, 0.05) is 4.88 Å². The molecular formula is C12H9ClN2OS. The van der Waals surface area contributed by atoms with Crippen molar-refractivity contribution in [2.45, 2.75) is 0 Å². The molecule has 1 aromatic heterocycles. The Morgan fingerprint density at radius 3 is 2.82 bits per heavy atom. The van der Waals surface area contributed by atoms with E-state index in [-0.39, 0.29) is 5.91 Å². The maximum absolute atomic E-state index is 11.7. The molecule has 0 spiro atoms. The van der Waals surface area contributed by atoms with Gasteiger partial charge in [0.2, 0.25) is 0 Å². The minimum atomic E-state index is -0.316. The fourth-order valence-corrected chi connectivity index (χ4v) is 2.03. The zero-order valence-corrected chi connectivity index (χ0v) is 10.3. The molecule has 5 heteroatoms. The largest absolute Gasteiger partial charge is 0.272 e. The lowest BCUT2D eigenvalue weighted by Crippen LogP contribution is -2.17. The Hall–Kier alpha value is -1.65. The summed E-state index contributed by atoms with van der Waals surface area (Å²) < 4.78 is 0. The normalized spacial score (nSPS) is 10.6. The molecule has 2 rings (SSSR count). The molecule has 1 N–H and O–H groups in total. The van der Waals surface area contributed by atoms with Crippen LogP contribution in [0, 0.1) is 0 Å². The molecular weight excluding hydrogens is 256 g/mol. The molecule has 0 aliphatic carbocycles. The number of carbonyl (C=O) groups excluding carboxylic acids is 1. The third-order valence-corrected chi connectivity index (χ3v) is 3.16. The maximum Gasteiger partial charge on any atom is 0.272 e. The minimum Gasteiger partial charge on any atom is -0.267 e. The van der Waals surface area contributed by atoms with Gasteiger partial charge in [0.1, 0.15) is 0 Å². The van der Waals surface area contributed by atoms with Crippen LogP contribution in [0.3, 0.4) is 0 Å². The first-order chi connectivity index (χ1) is 8.27. The fraction of sp³-hybridized carbons (Fsp3) is 0. The van der Waals surface area contributed by atoms with Gasteiger partial charge in [-0.3, -0.25) is 4.79 Å². The van der Waals surface area contributed by atoms with Crippen molar-refractivity contribution in [1.29, 1.82) is 0 Å². The van der Waals surface area contributed by atoms with Crippen molar-refractivity contribution in [3.63, 3.8) is 0 Å². The summed E-state index contributed by atoms with van der Waals surface area (Å²) in [5.41, 5.74) is 2.85. The number of halogens is 1. The Morgan fingerprint density at radius 1 is 1.29 bits per heavy atom. The molecule has 3 nitrogen and oxygen atoms in total. The summed E-state index contributed by atoms with van der Waals surface area (Å²) in [7, 11) is 0. The number of benzene rings is 1. The second-order valence-corrected chi connectivity index (χ2v) is 4.58. The van der Waals surface area contributed by atoms with Crippen LogP contribution in [0.4, 0.5) is 0 Å². The molecule has 0 bridgehead atoms. The Kier molecular flexibility index (Phi) is 3.90. The average Bonchev–Trinajstić information content (AvgIpc) is 2.82. The smallest absolute Gasteiger partial charge is 0.267 e. The molecule has 0 saturated heterocycles. The van der Waals surface area contributed by atoms with Crippen LogP contribution < -0.4 is 5.43 Å². The number of hydrogen-bond donors (Lipinski definition) is 1. The lowest BCUT2D eigenvalue weighted by atomic mass is 10.2. The van der Waals surface area contributed by atoms with Crippen LogP contribution in [-0.2, 0) is 0 Å². The second kappa shape index (κ2) is 5.61. The summed E-state index contributed by atoms with van der Waals surface area (Å²) in [5.74, 6) is -0.316. The van der Waals surface area contributed by atoms with Crippen LogP contribution in [0.1, 0.15) is 15.2 Å². The quantitative estimate of drug-likeness (QED) is 0.671. The number of hydrogen-bond acceptors (Lipinski definition) is 3. The highest BCUT2D eigenvalue weighted by Crippen LogP contribution is 2.14. The van der Waals surface area contributed by atoms with E-state index in [2.05, 4.69) is 10.5 Å². The Balaban J connectivity index is 2.01. The molecule has 1 amide bonds. The van der Waals surface area contributed by atoms with Gasteiger partial charge in [0.25, 0.3) is 5.91 Å². The van der Waals surface area contributed by atoms with Crippen molar-refractivity contribution in [2.75, 3.05) is 0 Å². The van der Waals surface area contributed by atoms with E-state index >= 15 is 0 Å². The number of nitrogens with zero attached hydrogens (tertiary/aromatic N) is 1. The highest BCUT2D eigenvalue weighted by molar-refractivity contribution is 7.11. The lowest BCUT2D eigenvalue weighted by molar-refractivity contribution is 0.0955. The Labute approximate surface area is 108 Å². The van der Waals surface area contributed by atoms with Crippen molar-refractivity contribution in [3.8, 4) is 0 Å². The van der Waals surface area contributed by atoms with Crippen LogP contribution >= 0.6 is 22.9 Å². The van der Waals surface area contributed by atoms with E-state index in [0.717, 1.165) is 4.88 Å². The van der Waals surface area contributed by atoms with Crippen LogP contribution in [0.5, 0.6) is 0 Å². The molecule has 0 aliphatic heterocycles. The zero-order chi connectivity index (χ0) is 12.1. The van der Waals surface area contributed by atoms with Crippen molar-refractivity contribution in [1.82, 2.24) is 5.43 Å². The lowest BCUT2D eigenvalue weighted by Gasteiger charge is -2.01. The summed E-state index contributed by atoms with van der Waals surface area (Å²) >= 11 is 7.43. The van der Waals surface area contributed by atoms with E-state index in [4.69, 9.17) is 11.6 Å². The van der Waals surface area contributed by atoms with E-state index < -0.39 is 0 Å². The molecule has 0 fully saturated rings. The minimum absolute atomic E-state index is 0.316. The summed E-state index contributed by atoms with van der Waals surface area (Å²) in [6.07, 6.45) is 1.60. The van der Waals surface area contributed by atoms with Gasteiger partial charge in [0.15, 0.2) is 0 Å². The highest BCUT2D eigenvalue weighted by Gasteiger charge is 2.07. The van der Waals surface area contributed by atoms with E-state index in [1.54, 1.807) is 41.8 Å². The van der Waals surface area contributed by atoms with Crippen molar-refractivity contribution < 1.29 is 4.79 Å². The summed E-state index contributed by atoms with van der Waals surface area (Å²) in [6.45, 7) is 0. The van der Waals surface area contributed by atoms with Gasteiger partial charge < -0.3 is 0 Å². The molecule has 86 valence electrons. The molecule has 2 aromatic rings. The first kappa shape index (κ1) is 11.8. The number of carbonyl (C=O) groups is 1. The third-order valence-electron chi connectivity index (χ3n) is 2.02. The summed E-state index contributed by atoms with van der Waals surface area (Å²) in [5, 5.41) is 6.21.